The molecule has 8 nitrogen and oxygen atoms in total. The molecule has 29 heavy (non-hydrogen) atoms. The van der Waals surface area contributed by atoms with E-state index in [0.29, 0.717) is 49.5 Å². The van der Waals surface area contributed by atoms with Gasteiger partial charge < -0.3 is 19.6 Å². The Balaban J connectivity index is 1.38. The summed E-state index contributed by atoms with van der Waals surface area (Å²) in [4.78, 5) is 33.1. The van der Waals surface area contributed by atoms with Gasteiger partial charge in [-0.15, -0.1) is 0 Å². The zero-order valence-corrected chi connectivity index (χ0v) is 15.9. The van der Waals surface area contributed by atoms with Gasteiger partial charge >= 0.3 is 0 Å². The zero-order valence-electron chi connectivity index (χ0n) is 15.9. The fourth-order valence-electron chi connectivity index (χ4n) is 4.15. The summed E-state index contributed by atoms with van der Waals surface area (Å²) in [5, 5.41) is 6.78. The van der Waals surface area contributed by atoms with Crippen LogP contribution >= 0.6 is 0 Å². The predicted molar refractivity (Wildman–Crippen MR) is 101 cm³/mol. The van der Waals surface area contributed by atoms with E-state index in [9.17, 15) is 14.0 Å². The number of nitrogens with zero attached hydrogens (tertiary/aromatic N) is 4. The van der Waals surface area contributed by atoms with Crippen LogP contribution in [-0.4, -0.2) is 59.6 Å². The van der Waals surface area contributed by atoms with Crippen LogP contribution < -0.4 is 10.2 Å². The van der Waals surface area contributed by atoms with Crippen molar-refractivity contribution in [2.24, 2.45) is 5.41 Å². The number of anilines is 1. The molecule has 1 N–H and O–H groups in total. The minimum atomic E-state index is -0.819. The number of carbonyl (C=O) groups excluding carboxylic acids is 2. The summed E-state index contributed by atoms with van der Waals surface area (Å²) in [6.07, 6.45) is 2.39. The highest BCUT2D eigenvalue weighted by Gasteiger charge is 2.53. The average molecular weight is 399 g/mol. The van der Waals surface area contributed by atoms with E-state index >= 15 is 0 Å². The Kier molecular flexibility index (Phi) is 4.25. The Hall–Kier alpha value is -2.97. The lowest BCUT2D eigenvalue weighted by Crippen LogP contribution is -2.67. The van der Waals surface area contributed by atoms with Crippen LogP contribution in [0.15, 0.2) is 28.8 Å². The Labute approximate surface area is 167 Å². The fraction of sp³-hybridized carbons (Fsp3) is 0.500. The summed E-state index contributed by atoms with van der Waals surface area (Å²) in [5.74, 6) is 0.844. The van der Waals surface area contributed by atoms with Crippen LogP contribution in [0.1, 0.15) is 30.2 Å². The molecular formula is C20H22FN5O3. The second-order valence-corrected chi connectivity index (χ2v) is 8.19. The van der Waals surface area contributed by atoms with E-state index in [-0.39, 0.29) is 30.6 Å². The molecule has 1 aromatic heterocycles. The topological polar surface area (TPSA) is 91.6 Å². The molecule has 5 rings (SSSR count). The summed E-state index contributed by atoms with van der Waals surface area (Å²) < 4.78 is 19.7. The highest BCUT2D eigenvalue weighted by atomic mass is 19.1. The van der Waals surface area contributed by atoms with E-state index in [1.54, 1.807) is 23.1 Å². The highest BCUT2D eigenvalue weighted by Crippen LogP contribution is 2.42. The van der Waals surface area contributed by atoms with Gasteiger partial charge in [-0.2, -0.15) is 4.98 Å². The second kappa shape index (κ2) is 6.82. The van der Waals surface area contributed by atoms with Crippen molar-refractivity contribution in [1.82, 2.24) is 20.4 Å². The highest BCUT2D eigenvalue weighted by molar-refractivity contribution is 5.91. The largest absolute Gasteiger partial charge is 0.353 e. The molecule has 2 saturated heterocycles. The van der Waals surface area contributed by atoms with Crippen LogP contribution in [0, 0.1) is 11.2 Å². The summed E-state index contributed by atoms with van der Waals surface area (Å²) in [5.41, 5.74) is -0.325. The van der Waals surface area contributed by atoms with Crippen molar-refractivity contribution in [3.05, 3.63) is 41.5 Å². The molecule has 2 amide bonds. The first-order chi connectivity index (χ1) is 14.0. The normalized spacial score (nSPS) is 20.9. The van der Waals surface area contributed by atoms with Gasteiger partial charge in [0, 0.05) is 32.1 Å². The number of aromatic nitrogens is 2. The van der Waals surface area contributed by atoms with Gasteiger partial charge in [-0.3, -0.25) is 9.59 Å². The van der Waals surface area contributed by atoms with Crippen LogP contribution in [0.2, 0.25) is 0 Å². The van der Waals surface area contributed by atoms with Gasteiger partial charge in [0.25, 0.3) is 5.95 Å². The predicted octanol–water partition coefficient (Wildman–Crippen LogP) is 1.09. The molecule has 2 aromatic rings. The Morgan fingerprint density at radius 2 is 2.10 bits per heavy atom. The van der Waals surface area contributed by atoms with Gasteiger partial charge in [0.1, 0.15) is 5.82 Å². The summed E-state index contributed by atoms with van der Waals surface area (Å²) >= 11 is 0. The minimum Gasteiger partial charge on any atom is -0.353 e. The van der Waals surface area contributed by atoms with Gasteiger partial charge in [0.2, 0.25) is 17.7 Å². The average Bonchev–Trinajstić information content (AvgIpc) is 3.43. The number of hydrogen-bond acceptors (Lipinski definition) is 6. The van der Waals surface area contributed by atoms with Gasteiger partial charge in [0.05, 0.1) is 12.0 Å². The van der Waals surface area contributed by atoms with E-state index in [1.165, 1.54) is 6.07 Å². The van der Waals surface area contributed by atoms with Crippen LogP contribution in [0.5, 0.6) is 0 Å². The van der Waals surface area contributed by atoms with Crippen LogP contribution in [0.3, 0.4) is 0 Å². The third-order valence-electron chi connectivity index (χ3n) is 5.89. The summed E-state index contributed by atoms with van der Waals surface area (Å²) in [6, 6.07) is 6.51. The maximum atomic E-state index is 14.3. The van der Waals surface area contributed by atoms with Crippen molar-refractivity contribution in [3.63, 3.8) is 0 Å². The van der Waals surface area contributed by atoms with E-state index < -0.39 is 5.41 Å². The molecule has 0 radical (unpaired) electrons. The molecule has 0 unspecified atom stereocenters. The molecule has 1 aromatic carbocycles. The summed E-state index contributed by atoms with van der Waals surface area (Å²) in [7, 11) is 0. The monoisotopic (exact) mass is 399 g/mol. The molecule has 1 aliphatic carbocycles. The number of nitrogens with one attached hydrogen (secondary N) is 1. The molecule has 0 spiro atoms. The van der Waals surface area contributed by atoms with Crippen molar-refractivity contribution < 1.29 is 18.5 Å². The Morgan fingerprint density at radius 3 is 2.83 bits per heavy atom. The number of rotatable bonds is 5. The maximum Gasteiger partial charge on any atom is 0.266 e. The molecule has 152 valence electrons. The molecule has 9 heteroatoms. The lowest BCUT2D eigenvalue weighted by atomic mass is 9.73. The Bertz CT molecular complexity index is 951. The number of carbonyl (C=O) groups is 2. The molecule has 3 aliphatic rings. The molecule has 3 heterocycles. The molecular weight excluding hydrogens is 377 g/mol. The molecule has 0 atom stereocenters. The van der Waals surface area contributed by atoms with Gasteiger partial charge in [-0.1, -0.05) is 18.2 Å². The van der Waals surface area contributed by atoms with Crippen molar-refractivity contribution in [2.45, 2.75) is 25.2 Å². The fourth-order valence-corrected chi connectivity index (χ4v) is 4.15. The van der Waals surface area contributed by atoms with Crippen LogP contribution in [-0.2, 0) is 16.0 Å². The number of piperazine rings is 1. The van der Waals surface area contributed by atoms with Crippen LogP contribution in [0.25, 0.3) is 0 Å². The van der Waals surface area contributed by atoms with Crippen molar-refractivity contribution >= 4 is 17.8 Å². The van der Waals surface area contributed by atoms with Crippen molar-refractivity contribution in [3.8, 4) is 0 Å². The first kappa shape index (κ1) is 18.1. The number of benzene rings is 1. The SMILES string of the molecule is O=C1CN(C(=O)C2(Cc3ccccc3F)CN(c3noc(C4CC4)n3)C2)CCN1. The van der Waals surface area contributed by atoms with E-state index in [4.69, 9.17) is 4.52 Å². The quantitative estimate of drug-likeness (QED) is 0.810. The number of halogens is 1. The van der Waals surface area contributed by atoms with Crippen molar-refractivity contribution in [1.29, 1.82) is 0 Å². The Morgan fingerprint density at radius 1 is 1.31 bits per heavy atom. The second-order valence-electron chi connectivity index (χ2n) is 8.19. The zero-order chi connectivity index (χ0) is 20.0. The number of amides is 2. The lowest BCUT2D eigenvalue weighted by Gasteiger charge is -2.50. The standard InChI is InChI=1S/C20H22FN5O3/c21-15-4-2-1-3-14(15)9-20(18(28)25-8-7-22-16(27)10-25)11-26(12-20)19-23-17(29-24-19)13-5-6-13/h1-4,13H,5-12H2,(H,22,27). The number of hydrogen-bond donors (Lipinski definition) is 1. The molecule has 3 fully saturated rings. The first-order valence-corrected chi connectivity index (χ1v) is 9.92. The molecule has 0 bridgehead atoms. The minimum absolute atomic E-state index is 0.0336. The van der Waals surface area contributed by atoms with Gasteiger partial charge in [-0.25, -0.2) is 4.39 Å². The maximum absolute atomic E-state index is 14.3. The third kappa shape index (κ3) is 3.34. The lowest BCUT2D eigenvalue weighted by molar-refractivity contribution is -0.148. The first-order valence-electron chi connectivity index (χ1n) is 9.92. The molecule has 2 aliphatic heterocycles. The van der Waals surface area contributed by atoms with Gasteiger partial charge in [0.15, 0.2) is 0 Å². The van der Waals surface area contributed by atoms with Crippen LogP contribution in [0.4, 0.5) is 10.3 Å². The van der Waals surface area contributed by atoms with Gasteiger partial charge in [-0.05, 0) is 36.0 Å². The van der Waals surface area contributed by atoms with E-state index in [1.807, 2.05) is 4.90 Å². The third-order valence-corrected chi connectivity index (χ3v) is 5.89. The summed E-state index contributed by atoms with van der Waals surface area (Å²) in [6.45, 7) is 1.65. The van der Waals surface area contributed by atoms with E-state index in [2.05, 4.69) is 15.5 Å². The van der Waals surface area contributed by atoms with E-state index in [0.717, 1.165) is 12.8 Å². The molecule has 1 saturated carbocycles. The van der Waals surface area contributed by atoms with Crippen molar-refractivity contribution in [2.75, 3.05) is 37.6 Å². The smallest absolute Gasteiger partial charge is 0.266 e.